The highest BCUT2D eigenvalue weighted by atomic mass is 32.2. The number of nitrogens with one attached hydrogen (secondary N) is 1. The van der Waals surface area contributed by atoms with Gasteiger partial charge in [-0.1, -0.05) is 6.07 Å². The first-order valence-corrected chi connectivity index (χ1v) is 5.93. The lowest BCUT2D eigenvalue weighted by atomic mass is 10.2. The lowest BCUT2D eigenvalue weighted by Gasteiger charge is -2.35. The predicted molar refractivity (Wildman–Crippen MR) is 52.1 cm³/mol. The molecule has 2 heterocycles. The quantitative estimate of drug-likeness (QED) is 0.691. The van der Waals surface area contributed by atoms with E-state index >= 15 is 0 Å². The van der Waals surface area contributed by atoms with Crippen molar-refractivity contribution in [2.24, 2.45) is 0 Å². The minimum Gasteiger partial charge on any atom is -0.390 e. The van der Waals surface area contributed by atoms with Crippen LogP contribution in [0.3, 0.4) is 0 Å². The maximum Gasteiger partial charge on any atom is 0.270 e. The Balaban J connectivity index is 2.08. The van der Waals surface area contributed by atoms with E-state index in [4.69, 9.17) is 5.11 Å². The van der Waals surface area contributed by atoms with Crippen molar-refractivity contribution in [1.82, 2.24) is 14.8 Å². The van der Waals surface area contributed by atoms with Crippen molar-refractivity contribution in [1.29, 1.82) is 0 Å². The van der Waals surface area contributed by atoms with Crippen molar-refractivity contribution in [2.75, 3.05) is 13.1 Å². The van der Waals surface area contributed by atoms with Gasteiger partial charge in [-0.15, -0.1) is 4.83 Å². The first-order valence-electron chi connectivity index (χ1n) is 4.44. The Morgan fingerprint density at radius 1 is 1.47 bits per heavy atom. The first-order chi connectivity index (χ1) is 7.08. The van der Waals surface area contributed by atoms with Crippen LogP contribution in [0.1, 0.15) is 0 Å². The normalized spacial score (nSPS) is 18.7. The number of hydrazine groups is 1. The Kier molecular flexibility index (Phi) is 2.70. The molecule has 1 aliphatic rings. The number of nitrogens with zero attached hydrogens (tertiary/aromatic N) is 2. The molecule has 2 N–H and O–H groups in total. The van der Waals surface area contributed by atoms with Crippen molar-refractivity contribution in [3.05, 3.63) is 24.4 Å². The minimum absolute atomic E-state index is 0.0219. The molecule has 0 unspecified atom stereocenters. The Labute approximate surface area is 87.6 Å². The predicted octanol–water partition coefficient (Wildman–Crippen LogP) is -1.05. The van der Waals surface area contributed by atoms with Gasteiger partial charge in [0.1, 0.15) is 0 Å². The molecular weight excluding hydrogens is 218 g/mol. The monoisotopic (exact) mass is 229 g/mol. The zero-order chi connectivity index (χ0) is 10.9. The van der Waals surface area contributed by atoms with Crippen LogP contribution < -0.4 is 4.83 Å². The van der Waals surface area contributed by atoms with Crippen LogP contribution in [0.4, 0.5) is 0 Å². The molecule has 0 saturated carbocycles. The zero-order valence-corrected chi connectivity index (χ0v) is 8.68. The molecule has 0 radical (unpaired) electrons. The van der Waals surface area contributed by atoms with E-state index in [9.17, 15) is 8.42 Å². The number of hydrogen-bond acceptors (Lipinski definition) is 5. The van der Waals surface area contributed by atoms with E-state index < -0.39 is 16.1 Å². The lowest BCUT2D eigenvalue weighted by molar-refractivity contribution is -0.0122. The molecule has 2 rings (SSSR count). The average molecular weight is 229 g/mol. The summed E-state index contributed by atoms with van der Waals surface area (Å²) < 4.78 is 23.3. The molecule has 1 aromatic heterocycles. The highest BCUT2D eigenvalue weighted by Crippen LogP contribution is 2.08. The first kappa shape index (κ1) is 10.5. The van der Waals surface area contributed by atoms with Crippen LogP contribution in [0.25, 0.3) is 0 Å². The zero-order valence-electron chi connectivity index (χ0n) is 7.87. The molecule has 1 aliphatic heterocycles. The van der Waals surface area contributed by atoms with Gasteiger partial charge in [0.05, 0.1) is 6.10 Å². The van der Waals surface area contributed by atoms with Gasteiger partial charge in [0.2, 0.25) is 0 Å². The molecule has 1 saturated heterocycles. The highest BCUT2D eigenvalue weighted by molar-refractivity contribution is 7.89. The molecule has 82 valence electrons. The minimum atomic E-state index is -3.59. The van der Waals surface area contributed by atoms with Crippen molar-refractivity contribution in [3.63, 3.8) is 0 Å². The molecule has 1 fully saturated rings. The fraction of sp³-hybridized carbons (Fsp3) is 0.375. The van der Waals surface area contributed by atoms with E-state index in [0.29, 0.717) is 13.1 Å². The Bertz CT molecular complexity index is 428. The molecule has 0 aromatic carbocycles. The van der Waals surface area contributed by atoms with Gasteiger partial charge in [-0.05, 0) is 12.1 Å². The van der Waals surface area contributed by atoms with Crippen LogP contribution in [-0.2, 0) is 10.0 Å². The summed E-state index contributed by atoms with van der Waals surface area (Å²) in [5.74, 6) is 0. The Hall–Kier alpha value is -1.02. The topological polar surface area (TPSA) is 82.5 Å². The van der Waals surface area contributed by atoms with Crippen molar-refractivity contribution in [2.45, 2.75) is 11.1 Å². The molecule has 1 aromatic rings. The fourth-order valence-electron chi connectivity index (χ4n) is 1.25. The third kappa shape index (κ3) is 2.32. The Morgan fingerprint density at radius 2 is 2.20 bits per heavy atom. The van der Waals surface area contributed by atoms with E-state index in [0.717, 1.165) is 0 Å². The summed E-state index contributed by atoms with van der Waals surface area (Å²) >= 11 is 0. The summed E-state index contributed by atoms with van der Waals surface area (Å²) in [4.78, 5) is 6.06. The summed E-state index contributed by atoms with van der Waals surface area (Å²) in [7, 11) is -3.59. The SMILES string of the molecule is O=S(=O)(NN1CC(O)C1)c1ccccn1. The van der Waals surface area contributed by atoms with E-state index in [2.05, 4.69) is 9.82 Å². The second kappa shape index (κ2) is 3.86. The molecule has 0 atom stereocenters. The van der Waals surface area contributed by atoms with Gasteiger partial charge < -0.3 is 5.11 Å². The van der Waals surface area contributed by atoms with Crippen molar-refractivity contribution < 1.29 is 13.5 Å². The fourth-order valence-corrected chi connectivity index (χ4v) is 2.29. The van der Waals surface area contributed by atoms with Gasteiger partial charge in [0, 0.05) is 19.3 Å². The summed E-state index contributed by atoms with van der Waals surface area (Å²) in [6, 6.07) is 4.66. The number of aliphatic hydroxyl groups is 1. The molecule has 7 heteroatoms. The van der Waals surface area contributed by atoms with Gasteiger partial charge in [-0.2, -0.15) is 0 Å². The number of hydrogen-bond donors (Lipinski definition) is 2. The van der Waals surface area contributed by atoms with Gasteiger partial charge in [0.25, 0.3) is 10.0 Å². The third-order valence-corrected chi connectivity index (χ3v) is 3.32. The van der Waals surface area contributed by atoms with Crippen LogP contribution in [0.5, 0.6) is 0 Å². The van der Waals surface area contributed by atoms with Gasteiger partial charge >= 0.3 is 0 Å². The summed E-state index contributed by atoms with van der Waals surface area (Å²) in [5, 5.41) is 10.4. The van der Waals surface area contributed by atoms with Crippen LogP contribution in [0.15, 0.2) is 29.4 Å². The van der Waals surface area contributed by atoms with Crippen LogP contribution in [0.2, 0.25) is 0 Å². The largest absolute Gasteiger partial charge is 0.390 e. The van der Waals surface area contributed by atoms with E-state index in [-0.39, 0.29) is 5.03 Å². The van der Waals surface area contributed by atoms with Crippen molar-refractivity contribution in [3.8, 4) is 0 Å². The van der Waals surface area contributed by atoms with Crippen molar-refractivity contribution >= 4 is 10.0 Å². The maximum absolute atomic E-state index is 11.6. The second-order valence-electron chi connectivity index (χ2n) is 3.32. The molecule has 0 amide bonds. The number of sulfonamides is 1. The number of aromatic nitrogens is 1. The van der Waals surface area contributed by atoms with Crippen LogP contribution in [-0.4, -0.2) is 42.7 Å². The smallest absolute Gasteiger partial charge is 0.270 e. The summed E-state index contributed by atoms with van der Waals surface area (Å²) in [5.41, 5.74) is 0. The summed E-state index contributed by atoms with van der Waals surface area (Å²) in [6.07, 6.45) is 0.968. The summed E-state index contributed by atoms with van der Waals surface area (Å²) in [6.45, 7) is 0.623. The van der Waals surface area contributed by atoms with Gasteiger partial charge in [-0.3, -0.25) is 0 Å². The second-order valence-corrected chi connectivity index (χ2v) is 4.93. The number of pyridine rings is 1. The molecule has 15 heavy (non-hydrogen) atoms. The maximum atomic E-state index is 11.6. The lowest BCUT2D eigenvalue weighted by Crippen LogP contribution is -2.58. The van der Waals surface area contributed by atoms with E-state index in [1.807, 2.05) is 0 Å². The van der Waals surface area contributed by atoms with E-state index in [1.54, 1.807) is 12.1 Å². The van der Waals surface area contributed by atoms with Gasteiger partial charge in [-0.25, -0.2) is 18.4 Å². The highest BCUT2D eigenvalue weighted by Gasteiger charge is 2.29. The van der Waals surface area contributed by atoms with Gasteiger partial charge in [0.15, 0.2) is 5.03 Å². The Morgan fingerprint density at radius 3 is 2.73 bits per heavy atom. The average Bonchev–Trinajstić information content (AvgIpc) is 2.17. The molecule has 0 aliphatic carbocycles. The number of rotatable bonds is 3. The standard InChI is InChI=1S/C8H11N3O3S/c12-7-5-11(6-7)10-15(13,14)8-3-1-2-4-9-8/h1-4,7,10,12H,5-6H2. The molecular formula is C8H11N3O3S. The third-order valence-electron chi connectivity index (χ3n) is 2.02. The van der Waals surface area contributed by atoms with Crippen LogP contribution in [0, 0.1) is 0 Å². The van der Waals surface area contributed by atoms with E-state index in [1.165, 1.54) is 17.3 Å². The van der Waals surface area contributed by atoms with Crippen LogP contribution >= 0.6 is 0 Å². The molecule has 0 spiro atoms. The molecule has 0 bridgehead atoms. The molecule has 6 nitrogen and oxygen atoms in total. The number of β-amino-alcohol motifs (C(OH)–C–C–N with tert-alkyl or cyclic N) is 1. The number of aliphatic hydroxyl groups excluding tert-OH is 1.